The van der Waals surface area contributed by atoms with Gasteiger partial charge < -0.3 is 0 Å². The van der Waals surface area contributed by atoms with E-state index >= 15 is 0 Å². The van der Waals surface area contributed by atoms with Crippen LogP contribution in [-0.2, 0) is 9.73 Å². The van der Waals surface area contributed by atoms with Crippen LogP contribution in [0.2, 0.25) is 0 Å². The number of nitrogens with zero attached hydrogens (tertiary/aromatic N) is 1. The largest absolute Gasteiger partial charge is 0.248 e. The zero-order chi connectivity index (χ0) is 9.19. The lowest BCUT2D eigenvalue weighted by atomic mass is 9.91. The maximum Gasteiger partial charge on any atom is 0.0634 e. The smallest absolute Gasteiger partial charge is 0.0634 e. The fourth-order valence-corrected chi connectivity index (χ4v) is 3.45. The highest BCUT2D eigenvalue weighted by atomic mass is 32.2. The van der Waals surface area contributed by atoms with Gasteiger partial charge in [0.2, 0.25) is 0 Å². The quantitative estimate of drug-likeness (QED) is 0.502. The van der Waals surface area contributed by atoms with E-state index in [0.717, 1.165) is 18.8 Å². The Morgan fingerprint density at radius 3 is 2.25 bits per heavy atom. The Morgan fingerprint density at radius 2 is 1.92 bits per heavy atom. The van der Waals surface area contributed by atoms with E-state index in [-0.39, 0.29) is 0 Å². The summed E-state index contributed by atoms with van der Waals surface area (Å²) in [7, 11) is -1.99. The average molecular weight is 190 g/mol. The lowest BCUT2D eigenvalue weighted by molar-refractivity contribution is 0.356. The van der Waals surface area contributed by atoms with Crippen molar-refractivity contribution in [2.75, 3.05) is 11.5 Å². The first-order valence-corrected chi connectivity index (χ1v) is 6.34. The van der Waals surface area contributed by atoms with Crippen LogP contribution in [0.4, 0.5) is 0 Å². The minimum absolute atomic E-state index is 0.701. The Labute approximate surface area is 74.9 Å². The molecule has 1 rings (SSSR count). The van der Waals surface area contributed by atoms with E-state index in [9.17, 15) is 4.21 Å². The molecule has 0 bridgehead atoms. The predicted molar refractivity (Wildman–Crippen MR) is 52.1 cm³/mol. The Kier molecular flexibility index (Phi) is 3.12. The molecule has 0 atom stereocenters. The predicted octanol–water partition coefficient (Wildman–Crippen LogP) is 1.39. The van der Waals surface area contributed by atoms with Crippen molar-refractivity contribution in [1.82, 2.24) is 0 Å². The van der Waals surface area contributed by atoms with E-state index < -0.39 is 9.73 Å². The molecule has 1 fully saturated rings. The molecule has 72 valence electrons. The molecule has 12 heavy (non-hydrogen) atoms. The van der Waals surface area contributed by atoms with Crippen LogP contribution in [0.3, 0.4) is 0 Å². The molecule has 0 spiro atoms. The van der Waals surface area contributed by atoms with E-state index in [0.29, 0.717) is 17.4 Å². The SMILES string of the molecule is CC(C)C1CCS(=O)(=NN)CC1. The fraction of sp³-hybridized carbons (Fsp3) is 1.00. The summed E-state index contributed by atoms with van der Waals surface area (Å²) in [5.74, 6) is 7.93. The maximum absolute atomic E-state index is 11.7. The summed E-state index contributed by atoms with van der Waals surface area (Å²) < 4.78 is 15.2. The first kappa shape index (κ1) is 9.99. The van der Waals surface area contributed by atoms with E-state index in [2.05, 4.69) is 18.3 Å². The van der Waals surface area contributed by atoms with Crippen molar-refractivity contribution in [3.63, 3.8) is 0 Å². The topological polar surface area (TPSA) is 55.5 Å². The molecule has 2 N–H and O–H groups in total. The molecule has 3 nitrogen and oxygen atoms in total. The van der Waals surface area contributed by atoms with Crippen molar-refractivity contribution in [3.8, 4) is 0 Å². The molecule has 0 saturated carbocycles. The van der Waals surface area contributed by atoms with Gasteiger partial charge in [0, 0.05) is 11.5 Å². The van der Waals surface area contributed by atoms with Gasteiger partial charge in [-0.3, -0.25) is 0 Å². The number of hydrogen-bond acceptors (Lipinski definition) is 2. The minimum Gasteiger partial charge on any atom is -0.248 e. The summed E-state index contributed by atoms with van der Waals surface area (Å²) in [6, 6.07) is 0. The van der Waals surface area contributed by atoms with E-state index in [1.54, 1.807) is 0 Å². The first-order valence-electron chi connectivity index (χ1n) is 4.49. The van der Waals surface area contributed by atoms with Gasteiger partial charge in [-0.1, -0.05) is 13.8 Å². The Balaban J connectivity index is 2.57. The summed E-state index contributed by atoms with van der Waals surface area (Å²) in [5, 5.41) is 0. The Hall–Kier alpha value is -0.0900. The van der Waals surface area contributed by atoms with Gasteiger partial charge in [0.25, 0.3) is 0 Å². The van der Waals surface area contributed by atoms with Crippen molar-refractivity contribution in [3.05, 3.63) is 0 Å². The molecule has 0 aromatic carbocycles. The van der Waals surface area contributed by atoms with E-state index in [1.165, 1.54) is 0 Å². The average Bonchev–Trinajstić information content (AvgIpc) is 2.05. The summed E-state index contributed by atoms with van der Waals surface area (Å²) in [6.07, 6.45) is 2.05. The molecule has 1 heterocycles. The van der Waals surface area contributed by atoms with Gasteiger partial charge in [-0.15, -0.1) is 0 Å². The number of nitrogens with two attached hydrogens (primary N) is 1. The van der Waals surface area contributed by atoms with Gasteiger partial charge in [0.1, 0.15) is 0 Å². The standard InChI is InChI=1S/C8H18N2OS/c1-7(2)8-3-5-12(11,10-9)6-4-8/h7-8H,3-6,9H2,1-2H3. The van der Waals surface area contributed by atoms with Crippen molar-refractivity contribution >= 4 is 9.73 Å². The molecule has 1 aliphatic rings. The highest BCUT2D eigenvalue weighted by Crippen LogP contribution is 2.26. The molecule has 1 aliphatic heterocycles. The highest BCUT2D eigenvalue weighted by molar-refractivity contribution is 7.93. The van der Waals surface area contributed by atoms with E-state index in [4.69, 9.17) is 5.84 Å². The molecule has 0 amide bonds. The summed E-state index contributed by atoms with van der Waals surface area (Å²) in [6.45, 7) is 4.44. The van der Waals surface area contributed by atoms with Gasteiger partial charge in [-0.05, 0) is 24.7 Å². The van der Waals surface area contributed by atoms with Crippen molar-refractivity contribution in [1.29, 1.82) is 0 Å². The molecule has 1 saturated heterocycles. The minimum atomic E-state index is -1.99. The second kappa shape index (κ2) is 3.75. The zero-order valence-corrected chi connectivity index (χ0v) is 8.64. The van der Waals surface area contributed by atoms with E-state index in [1.807, 2.05) is 0 Å². The molecular weight excluding hydrogens is 172 g/mol. The van der Waals surface area contributed by atoms with Crippen molar-refractivity contribution < 1.29 is 4.21 Å². The first-order chi connectivity index (χ1) is 5.57. The summed E-state index contributed by atoms with van der Waals surface area (Å²) in [5.41, 5.74) is 0. The fourth-order valence-electron chi connectivity index (χ4n) is 1.69. The molecule has 0 unspecified atom stereocenters. The third-order valence-electron chi connectivity index (χ3n) is 2.75. The number of hydrogen-bond donors (Lipinski definition) is 1. The maximum atomic E-state index is 11.7. The van der Waals surface area contributed by atoms with Crippen molar-refractivity contribution in [2.24, 2.45) is 22.2 Å². The van der Waals surface area contributed by atoms with Crippen LogP contribution in [0.1, 0.15) is 26.7 Å². The van der Waals surface area contributed by atoms with Crippen LogP contribution in [0.15, 0.2) is 4.47 Å². The highest BCUT2D eigenvalue weighted by Gasteiger charge is 2.23. The molecule has 0 aromatic heterocycles. The monoisotopic (exact) mass is 190 g/mol. The van der Waals surface area contributed by atoms with Crippen LogP contribution in [0.25, 0.3) is 0 Å². The lowest BCUT2D eigenvalue weighted by Crippen LogP contribution is -2.26. The van der Waals surface area contributed by atoms with Crippen LogP contribution < -0.4 is 5.84 Å². The van der Waals surface area contributed by atoms with Gasteiger partial charge in [0.05, 0.1) is 9.73 Å². The Morgan fingerprint density at radius 1 is 1.42 bits per heavy atom. The normalized spacial score (nSPS) is 36.8. The second-order valence-corrected chi connectivity index (χ2v) is 6.44. The zero-order valence-electron chi connectivity index (χ0n) is 7.82. The van der Waals surface area contributed by atoms with Crippen molar-refractivity contribution in [2.45, 2.75) is 26.7 Å². The van der Waals surface area contributed by atoms with Crippen LogP contribution in [0, 0.1) is 11.8 Å². The second-order valence-electron chi connectivity index (χ2n) is 3.87. The Bertz CT molecular complexity index is 240. The molecule has 0 aliphatic carbocycles. The molecule has 0 aromatic rings. The van der Waals surface area contributed by atoms with Crippen LogP contribution in [0.5, 0.6) is 0 Å². The van der Waals surface area contributed by atoms with Gasteiger partial charge in [0.15, 0.2) is 0 Å². The third-order valence-corrected chi connectivity index (χ3v) is 4.88. The lowest BCUT2D eigenvalue weighted by Gasteiger charge is -2.26. The van der Waals surface area contributed by atoms with Crippen LogP contribution in [-0.4, -0.2) is 15.7 Å². The third kappa shape index (κ3) is 2.20. The molecule has 4 heteroatoms. The number of rotatable bonds is 1. The molecule has 0 radical (unpaired) electrons. The summed E-state index contributed by atoms with van der Waals surface area (Å²) in [4.78, 5) is 0. The van der Waals surface area contributed by atoms with Crippen LogP contribution >= 0.6 is 0 Å². The summed E-state index contributed by atoms with van der Waals surface area (Å²) >= 11 is 0. The van der Waals surface area contributed by atoms with Gasteiger partial charge in [-0.25, -0.2) is 10.1 Å². The van der Waals surface area contributed by atoms with Gasteiger partial charge in [-0.2, -0.15) is 4.47 Å². The van der Waals surface area contributed by atoms with Gasteiger partial charge >= 0.3 is 0 Å². The molecular formula is C8H18N2OS.